The Kier molecular flexibility index (Phi) is 3.59. The van der Waals surface area contributed by atoms with Crippen molar-refractivity contribution < 1.29 is 9.90 Å². The molecule has 0 spiro atoms. The average molecular weight is 231 g/mol. The molecule has 17 heavy (non-hydrogen) atoms. The fourth-order valence-corrected chi connectivity index (χ4v) is 2.17. The van der Waals surface area contributed by atoms with E-state index in [2.05, 4.69) is 24.0 Å². The van der Waals surface area contributed by atoms with Gasteiger partial charge in [0.1, 0.15) is 0 Å². The summed E-state index contributed by atoms with van der Waals surface area (Å²) in [4.78, 5) is 13.1. The molecule has 0 saturated heterocycles. The lowest BCUT2D eigenvalue weighted by Crippen LogP contribution is -2.32. The average Bonchev–Trinajstić information content (AvgIpc) is 2.39. The molecule has 3 heteroatoms. The van der Waals surface area contributed by atoms with Crippen molar-refractivity contribution in [3.8, 4) is 0 Å². The summed E-state index contributed by atoms with van der Waals surface area (Å²) in [6.07, 6.45) is 2.46. The summed E-state index contributed by atoms with van der Waals surface area (Å²) in [7, 11) is 0. The van der Waals surface area contributed by atoms with Gasteiger partial charge in [-0.15, -0.1) is 0 Å². The van der Waals surface area contributed by atoms with Crippen LogP contribution in [0.5, 0.6) is 0 Å². The molecule has 1 heterocycles. The fraction of sp³-hybridized carbons (Fsp3) is 0.357. The minimum absolute atomic E-state index is 0.336. The van der Waals surface area contributed by atoms with Gasteiger partial charge in [0.2, 0.25) is 0 Å². The minimum atomic E-state index is -0.781. The van der Waals surface area contributed by atoms with E-state index in [4.69, 9.17) is 5.11 Å². The normalized spacial score (nSPS) is 18.5. The lowest BCUT2D eigenvalue weighted by atomic mass is 10.0. The van der Waals surface area contributed by atoms with Gasteiger partial charge in [-0.2, -0.15) is 0 Å². The largest absolute Gasteiger partial charge is 0.478 e. The van der Waals surface area contributed by atoms with Crippen molar-refractivity contribution >= 4 is 5.97 Å². The second-order valence-corrected chi connectivity index (χ2v) is 4.37. The molecule has 2 rings (SSSR count). The van der Waals surface area contributed by atoms with Crippen molar-refractivity contribution in [1.82, 2.24) is 4.90 Å². The summed E-state index contributed by atoms with van der Waals surface area (Å²) >= 11 is 0. The smallest absolute Gasteiger partial charge is 0.331 e. The molecule has 1 atom stereocenters. The van der Waals surface area contributed by atoms with E-state index in [9.17, 15) is 4.79 Å². The molecule has 1 N–H and O–H groups in total. The van der Waals surface area contributed by atoms with Crippen LogP contribution in [0.2, 0.25) is 0 Å². The minimum Gasteiger partial charge on any atom is -0.478 e. The molecule has 0 bridgehead atoms. The third kappa shape index (κ3) is 2.74. The summed E-state index contributed by atoms with van der Waals surface area (Å²) in [6, 6.07) is 10.6. The van der Waals surface area contributed by atoms with Gasteiger partial charge in [-0.25, -0.2) is 4.79 Å². The first kappa shape index (κ1) is 11.9. The highest BCUT2D eigenvalue weighted by Crippen LogP contribution is 2.23. The molecule has 1 aliphatic rings. The lowest BCUT2D eigenvalue weighted by molar-refractivity contribution is -0.133. The maximum atomic E-state index is 10.8. The van der Waals surface area contributed by atoms with Crippen LogP contribution in [-0.2, 0) is 4.79 Å². The van der Waals surface area contributed by atoms with E-state index in [1.807, 2.05) is 24.3 Å². The third-order valence-corrected chi connectivity index (χ3v) is 3.34. The molecular formula is C14H17NO2. The molecule has 0 aliphatic carbocycles. The quantitative estimate of drug-likeness (QED) is 0.868. The second-order valence-electron chi connectivity index (χ2n) is 4.37. The van der Waals surface area contributed by atoms with Crippen LogP contribution in [0.25, 0.3) is 0 Å². The Hall–Kier alpha value is -1.61. The van der Waals surface area contributed by atoms with Gasteiger partial charge in [0.25, 0.3) is 0 Å². The SMILES string of the molecule is CC(c1ccccc1)N1CC=C(C(=O)O)CC1. The topological polar surface area (TPSA) is 40.5 Å². The van der Waals surface area contributed by atoms with E-state index in [0.29, 0.717) is 18.0 Å². The first-order chi connectivity index (χ1) is 8.18. The number of carboxylic acids is 1. The maximum Gasteiger partial charge on any atom is 0.331 e. The molecule has 0 radical (unpaired) electrons. The van der Waals surface area contributed by atoms with Gasteiger partial charge in [0.15, 0.2) is 0 Å². The van der Waals surface area contributed by atoms with Crippen LogP contribution >= 0.6 is 0 Å². The van der Waals surface area contributed by atoms with Crippen LogP contribution < -0.4 is 0 Å². The molecule has 3 nitrogen and oxygen atoms in total. The Morgan fingerprint density at radius 2 is 2.06 bits per heavy atom. The highest BCUT2D eigenvalue weighted by atomic mass is 16.4. The van der Waals surface area contributed by atoms with Crippen LogP contribution in [0.4, 0.5) is 0 Å². The first-order valence-electron chi connectivity index (χ1n) is 5.90. The predicted molar refractivity (Wildman–Crippen MR) is 66.8 cm³/mol. The fourth-order valence-electron chi connectivity index (χ4n) is 2.17. The Morgan fingerprint density at radius 3 is 2.59 bits per heavy atom. The van der Waals surface area contributed by atoms with Crippen LogP contribution in [-0.4, -0.2) is 29.1 Å². The van der Waals surface area contributed by atoms with Crippen LogP contribution in [0.1, 0.15) is 24.9 Å². The summed E-state index contributed by atoms with van der Waals surface area (Å²) in [5.74, 6) is -0.781. The van der Waals surface area contributed by atoms with Crippen LogP contribution in [0, 0.1) is 0 Å². The van der Waals surface area contributed by atoms with Crippen LogP contribution in [0.15, 0.2) is 42.0 Å². The number of hydrogen-bond donors (Lipinski definition) is 1. The Bertz CT molecular complexity index is 425. The first-order valence-corrected chi connectivity index (χ1v) is 5.90. The molecule has 90 valence electrons. The monoisotopic (exact) mass is 231 g/mol. The van der Waals surface area contributed by atoms with E-state index in [1.165, 1.54) is 5.56 Å². The number of rotatable bonds is 3. The number of benzene rings is 1. The lowest BCUT2D eigenvalue weighted by Gasteiger charge is -2.31. The van der Waals surface area contributed by atoms with Gasteiger partial charge in [0, 0.05) is 24.7 Å². The summed E-state index contributed by atoms with van der Waals surface area (Å²) < 4.78 is 0. The van der Waals surface area contributed by atoms with Gasteiger partial charge in [-0.1, -0.05) is 36.4 Å². The van der Waals surface area contributed by atoms with E-state index >= 15 is 0 Å². The summed E-state index contributed by atoms with van der Waals surface area (Å²) in [5.41, 5.74) is 1.82. The van der Waals surface area contributed by atoms with Crippen molar-refractivity contribution in [2.75, 3.05) is 13.1 Å². The molecule has 1 unspecified atom stereocenters. The molecule has 1 aromatic rings. The molecular weight excluding hydrogens is 214 g/mol. The molecule has 0 aromatic heterocycles. The zero-order valence-electron chi connectivity index (χ0n) is 9.97. The van der Waals surface area contributed by atoms with Crippen molar-refractivity contribution in [3.63, 3.8) is 0 Å². The van der Waals surface area contributed by atoms with Gasteiger partial charge in [-0.05, 0) is 18.9 Å². The highest BCUT2D eigenvalue weighted by molar-refractivity contribution is 5.86. The van der Waals surface area contributed by atoms with E-state index in [1.54, 1.807) is 0 Å². The van der Waals surface area contributed by atoms with Gasteiger partial charge >= 0.3 is 5.97 Å². The number of carboxylic acid groups (broad SMARTS) is 1. The standard InChI is InChI=1S/C14H17NO2/c1-11(12-5-3-2-4-6-12)15-9-7-13(8-10-15)14(16)17/h2-7,11H,8-10H2,1H3,(H,16,17). The zero-order valence-corrected chi connectivity index (χ0v) is 9.97. The Labute approximate surface area is 101 Å². The molecule has 0 saturated carbocycles. The third-order valence-electron chi connectivity index (χ3n) is 3.34. The number of carbonyl (C=O) groups is 1. The van der Waals surface area contributed by atoms with Crippen molar-refractivity contribution in [3.05, 3.63) is 47.5 Å². The zero-order chi connectivity index (χ0) is 12.3. The van der Waals surface area contributed by atoms with Gasteiger partial charge < -0.3 is 5.11 Å². The number of aliphatic carboxylic acids is 1. The van der Waals surface area contributed by atoms with Gasteiger partial charge in [-0.3, -0.25) is 4.90 Å². The Morgan fingerprint density at radius 1 is 1.35 bits per heavy atom. The van der Waals surface area contributed by atoms with Crippen LogP contribution in [0.3, 0.4) is 0 Å². The second kappa shape index (κ2) is 5.15. The van der Waals surface area contributed by atoms with E-state index in [-0.39, 0.29) is 0 Å². The maximum absolute atomic E-state index is 10.8. The van der Waals surface area contributed by atoms with Crippen molar-refractivity contribution in [2.45, 2.75) is 19.4 Å². The number of nitrogens with zero attached hydrogens (tertiary/aromatic N) is 1. The van der Waals surface area contributed by atoms with E-state index < -0.39 is 5.97 Å². The summed E-state index contributed by atoms with van der Waals surface area (Å²) in [5, 5.41) is 8.89. The Balaban J connectivity index is 2.04. The molecule has 1 aliphatic heterocycles. The van der Waals surface area contributed by atoms with Crippen molar-refractivity contribution in [1.29, 1.82) is 0 Å². The van der Waals surface area contributed by atoms with Gasteiger partial charge in [0.05, 0.1) is 0 Å². The highest BCUT2D eigenvalue weighted by Gasteiger charge is 2.20. The summed E-state index contributed by atoms with van der Waals surface area (Å²) in [6.45, 7) is 3.70. The molecule has 0 fully saturated rings. The van der Waals surface area contributed by atoms with Crippen molar-refractivity contribution in [2.24, 2.45) is 0 Å². The number of hydrogen-bond acceptors (Lipinski definition) is 2. The van der Waals surface area contributed by atoms with E-state index in [0.717, 1.165) is 13.1 Å². The molecule has 0 amide bonds. The molecule has 1 aromatic carbocycles. The predicted octanol–water partition coefficient (Wildman–Crippen LogP) is 2.46.